The molecule has 1 heterocycles. The number of nitrogens with zero attached hydrogens (tertiary/aromatic N) is 2. The zero-order chi connectivity index (χ0) is 18.2. The van der Waals surface area contributed by atoms with Gasteiger partial charge in [0, 0.05) is 50.0 Å². The van der Waals surface area contributed by atoms with Crippen molar-refractivity contribution in [3.63, 3.8) is 0 Å². The number of benzene rings is 1. The number of hydrogen-bond donors (Lipinski definition) is 2. The molecule has 1 saturated carbocycles. The van der Waals surface area contributed by atoms with Gasteiger partial charge in [0.1, 0.15) is 0 Å². The van der Waals surface area contributed by atoms with E-state index in [1.807, 2.05) is 12.1 Å². The fourth-order valence-electron chi connectivity index (χ4n) is 3.23. The molecule has 1 aliphatic heterocycles. The lowest BCUT2D eigenvalue weighted by Crippen LogP contribution is -2.46. The van der Waals surface area contributed by atoms with Gasteiger partial charge in [-0.05, 0) is 50.4 Å². The lowest BCUT2D eigenvalue weighted by Gasteiger charge is -2.36. The first-order valence-corrected chi connectivity index (χ1v) is 9.46. The molecule has 1 aromatic rings. The molecule has 2 fully saturated rings. The number of piperazine rings is 1. The summed E-state index contributed by atoms with van der Waals surface area (Å²) in [5, 5.41) is 3.03. The number of nitrogens with one attached hydrogen (secondary N) is 2. The Kier molecular flexibility index (Phi) is 6.85. The van der Waals surface area contributed by atoms with Crippen LogP contribution in [0.5, 0.6) is 0 Å². The average Bonchev–Trinajstić information content (AvgIpc) is 3.51. The van der Waals surface area contributed by atoms with E-state index >= 15 is 0 Å². The van der Waals surface area contributed by atoms with Gasteiger partial charge >= 0.3 is 6.47 Å². The molecule has 0 radical (unpaired) electrons. The van der Waals surface area contributed by atoms with E-state index in [4.69, 9.17) is 0 Å². The summed E-state index contributed by atoms with van der Waals surface area (Å²) in [4.78, 5) is 31.3. The Bertz CT molecular complexity index is 598. The van der Waals surface area contributed by atoms with Gasteiger partial charge in [-0.3, -0.25) is 14.5 Å². The molecule has 2 N–H and O–H groups in total. The molecule has 142 valence electrons. The van der Waals surface area contributed by atoms with Crippen LogP contribution in [0.15, 0.2) is 24.3 Å². The summed E-state index contributed by atoms with van der Waals surface area (Å²) in [6.45, 7) is 6.23. The van der Waals surface area contributed by atoms with Gasteiger partial charge < -0.3 is 15.1 Å². The third kappa shape index (κ3) is 5.71. The lowest BCUT2D eigenvalue weighted by molar-refractivity contribution is -0.135. The molecule has 1 aromatic carbocycles. The van der Waals surface area contributed by atoms with E-state index in [1.165, 1.54) is 5.69 Å². The predicted octanol–water partition coefficient (Wildman–Crippen LogP) is 1.61. The highest BCUT2D eigenvalue weighted by atomic mass is 16.7. The van der Waals surface area contributed by atoms with E-state index in [2.05, 4.69) is 37.6 Å². The molecule has 0 aromatic heterocycles. The molecule has 1 saturated heterocycles. The molecule has 26 heavy (non-hydrogen) atoms. The first-order valence-electron chi connectivity index (χ1n) is 9.46. The van der Waals surface area contributed by atoms with Crippen molar-refractivity contribution in [2.45, 2.75) is 25.7 Å². The Balaban J connectivity index is 1.38. The van der Waals surface area contributed by atoms with E-state index in [0.29, 0.717) is 13.0 Å². The second-order valence-corrected chi connectivity index (χ2v) is 6.96. The molecule has 0 bridgehead atoms. The maximum absolute atomic E-state index is 11.9. The summed E-state index contributed by atoms with van der Waals surface area (Å²) in [7, 11) is 0. The van der Waals surface area contributed by atoms with Crippen LogP contribution >= 0.6 is 0 Å². The fraction of sp³-hybridized carbons (Fsp3) is 0.579. The summed E-state index contributed by atoms with van der Waals surface area (Å²) in [6.07, 6.45) is 4.11. The van der Waals surface area contributed by atoms with Crippen molar-refractivity contribution in [3.8, 4) is 0 Å². The number of unbranched alkanes of at least 4 members (excludes halogenated alkanes) is 1. The number of carbonyl (C=O) groups is 2. The van der Waals surface area contributed by atoms with Crippen LogP contribution in [0, 0.1) is 5.92 Å². The minimum atomic E-state index is 0.153. The summed E-state index contributed by atoms with van der Waals surface area (Å²) in [5.74, 6) is 0.377. The molecule has 3 rings (SSSR count). The van der Waals surface area contributed by atoms with Crippen LogP contribution in [0.4, 0.5) is 11.4 Å². The number of hydrogen-bond acceptors (Lipinski definition) is 6. The van der Waals surface area contributed by atoms with Crippen molar-refractivity contribution in [1.29, 1.82) is 0 Å². The summed E-state index contributed by atoms with van der Waals surface area (Å²) < 4.78 is 0. The van der Waals surface area contributed by atoms with Crippen molar-refractivity contribution in [2.24, 2.45) is 5.92 Å². The largest absolute Gasteiger partial charge is 0.374 e. The molecule has 0 atom stereocenters. The Morgan fingerprint density at radius 3 is 2.73 bits per heavy atom. The van der Waals surface area contributed by atoms with Gasteiger partial charge in [-0.25, -0.2) is 0 Å². The zero-order valence-corrected chi connectivity index (χ0v) is 15.2. The van der Waals surface area contributed by atoms with Crippen LogP contribution in [0.25, 0.3) is 0 Å². The van der Waals surface area contributed by atoms with E-state index in [1.54, 1.807) is 0 Å². The Hall–Kier alpha value is -2.12. The van der Waals surface area contributed by atoms with Crippen molar-refractivity contribution >= 4 is 23.8 Å². The van der Waals surface area contributed by atoms with Crippen molar-refractivity contribution in [2.75, 3.05) is 49.5 Å². The molecular weight excluding hydrogens is 332 g/mol. The number of amides is 1. The second-order valence-electron chi connectivity index (χ2n) is 6.96. The van der Waals surface area contributed by atoms with Gasteiger partial charge in [-0.1, -0.05) is 6.07 Å². The van der Waals surface area contributed by atoms with Gasteiger partial charge in [0.2, 0.25) is 5.91 Å². The molecular formula is C19H28N4O3. The minimum Gasteiger partial charge on any atom is -0.374 e. The Labute approximate surface area is 154 Å². The quantitative estimate of drug-likeness (QED) is 0.375. The highest BCUT2D eigenvalue weighted by molar-refractivity contribution is 5.94. The minimum absolute atomic E-state index is 0.153. The van der Waals surface area contributed by atoms with Crippen LogP contribution in [-0.4, -0.2) is 56.5 Å². The van der Waals surface area contributed by atoms with E-state index in [0.717, 1.165) is 64.1 Å². The van der Waals surface area contributed by atoms with Crippen LogP contribution in [0.1, 0.15) is 25.7 Å². The van der Waals surface area contributed by atoms with Crippen LogP contribution in [-0.2, 0) is 14.4 Å². The van der Waals surface area contributed by atoms with Gasteiger partial charge in [-0.2, -0.15) is 5.48 Å². The molecule has 0 spiro atoms. The maximum atomic E-state index is 11.9. The number of anilines is 2. The first-order chi connectivity index (χ1) is 12.8. The van der Waals surface area contributed by atoms with Crippen molar-refractivity contribution < 1.29 is 14.4 Å². The van der Waals surface area contributed by atoms with Crippen LogP contribution in [0.3, 0.4) is 0 Å². The summed E-state index contributed by atoms with van der Waals surface area (Å²) >= 11 is 0. The maximum Gasteiger partial charge on any atom is 0.312 e. The SMILES string of the molecule is O=CONCCCCN1CCN(c2cccc(NC(=O)C3CC3)c2)CC1. The summed E-state index contributed by atoms with van der Waals surface area (Å²) in [5.41, 5.74) is 4.68. The molecule has 1 aliphatic carbocycles. The highest BCUT2D eigenvalue weighted by Gasteiger charge is 2.29. The predicted molar refractivity (Wildman–Crippen MR) is 101 cm³/mol. The summed E-state index contributed by atoms with van der Waals surface area (Å²) in [6, 6.07) is 8.16. The molecule has 2 aliphatic rings. The molecule has 1 amide bonds. The first kappa shape index (κ1) is 18.7. The van der Waals surface area contributed by atoms with Crippen molar-refractivity contribution in [1.82, 2.24) is 10.4 Å². The van der Waals surface area contributed by atoms with Gasteiger partial charge in [-0.15, -0.1) is 0 Å². The highest BCUT2D eigenvalue weighted by Crippen LogP contribution is 2.30. The third-order valence-corrected chi connectivity index (χ3v) is 4.93. The van der Waals surface area contributed by atoms with Crippen molar-refractivity contribution in [3.05, 3.63) is 24.3 Å². The Morgan fingerprint density at radius 2 is 2.00 bits per heavy atom. The lowest BCUT2D eigenvalue weighted by atomic mass is 10.2. The number of rotatable bonds is 10. The molecule has 0 unspecified atom stereocenters. The standard InChI is InChI=1S/C19H28N4O3/c24-15-26-20-8-1-2-9-22-10-12-23(13-11-22)18-5-3-4-17(14-18)21-19(25)16-6-7-16/h3-5,14-16,20H,1-2,6-13H2,(H,21,25). The normalized spacial score (nSPS) is 17.8. The monoisotopic (exact) mass is 360 g/mol. The average molecular weight is 360 g/mol. The topological polar surface area (TPSA) is 73.9 Å². The number of hydroxylamine groups is 1. The van der Waals surface area contributed by atoms with Gasteiger partial charge in [0.05, 0.1) is 0 Å². The van der Waals surface area contributed by atoms with Crippen LogP contribution < -0.4 is 15.7 Å². The third-order valence-electron chi connectivity index (χ3n) is 4.93. The van der Waals surface area contributed by atoms with E-state index < -0.39 is 0 Å². The van der Waals surface area contributed by atoms with Crippen LogP contribution in [0.2, 0.25) is 0 Å². The van der Waals surface area contributed by atoms with E-state index in [9.17, 15) is 9.59 Å². The smallest absolute Gasteiger partial charge is 0.312 e. The fourth-order valence-corrected chi connectivity index (χ4v) is 3.23. The van der Waals surface area contributed by atoms with E-state index in [-0.39, 0.29) is 11.8 Å². The molecule has 7 heteroatoms. The zero-order valence-electron chi connectivity index (χ0n) is 15.2. The van der Waals surface area contributed by atoms with Gasteiger partial charge in [0.15, 0.2) is 0 Å². The van der Waals surface area contributed by atoms with Gasteiger partial charge in [0.25, 0.3) is 0 Å². The Morgan fingerprint density at radius 1 is 1.19 bits per heavy atom. The molecule has 7 nitrogen and oxygen atoms in total. The number of carbonyl (C=O) groups excluding carboxylic acids is 2. The second kappa shape index (κ2) is 9.54.